The average molecular weight is 395 g/mol. The van der Waals surface area contributed by atoms with E-state index in [-0.39, 0.29) is 19.1 Å². The van der Waals surface area contributed by atoms with Gasteiger partial charge in [0.05, 0.1) is 6.42 Å². The van der Waals surface area contributed by atoms with E-state index in [1.54, 1.807) is 0 Å². The van der Waals surface area contributed by atoms with Crippen LogP contribution in [0.1, 0.15) is 23.5 Å². The standard InChI is InChI=1S/C22H21NO6/c1-2-11-28-21(26)19(12-20(24)25)23-22(27)29-13-18-16-9-5-3-7-14(16)15-8-4-6-10-17(15)18/h2-10,18-19H,1,11-13H2,(H,23,27)(H,24,25). The van der Waals surface area contributed by atoms with Crippen LogP contribution in [0.2, 0.25) is 0 Å². The van der Waals surface area contributed by atoms with Crippen molar-refractivity contribution >= 4 is 18.0 Å². The van der Waals surface area contributed by atoms with Crippen molar-refractivity contribution < 1.29 is 29.0 Å². The Morgan fingerprint density at radius 2 is 1.62 bits per heavy atom. The molecule has 7 nitrogen and oxygen atoms in total. The number of carboxylic acids is 1. The first-order valence-corrected chi connectivity index (χ1v) is 9.12. The Labute approximate surface area is 167 Å². The zero-order chi connectivity index (χ0) is 20.8. The van der Waals surface area contributed by atoms with E-state index in [0.717, 1.165) is 22.3 Å². The van der Waals surface area contributed by atoms with Gasteiger partial charge in [0.1, 0.15) is 19.3 Å². The highest BCUT2D eigenvalue weighted by Crippen LogP contribution is 2.44. The van der Waals surface area contributed by atoms with Crippen molar-refractivity contribution in [3.8, 4) is 11.1 Å². The molecule has 29 heavy (non-hydrogen) atoms. The molecule has 0 heterocycles. The van der Waals surface area contributed by atoms with Crippen LogP contribution >= 0.6 is 0 Å². The summed E-state index contributed by atoms with van der Waals surface area (Å²) in [6.45, 7) is 3.39. The van der Waals surface area contributed by atoms with Gasteiger partial charge in [0.15, 0.2) is 0 Å². The SMILES string of the molecule is C=CCOC(=O)C(CC(=O)O)NC(=O)OCC1c2ccccc2-c2ccccc21. The second kappa shape index (κ2) is 9.05. The molecule has 1 aliphatic rings. The van der Waals surface area contributed by atoms with Crippen LogP contribution in [0.4, 0.5) is 4.79 Å². The number of carboxylic acid groups (broad SMARTS) is 1. The van der Waals surface area contributed by atoms with Gasteiger partial charge in [-0.1, -0.05) is 61.2 Å². The van der Waals surface area contributed by atoms with Gasteiger partial charge in [-0.15, -0.1) is 0 Å². The number of ether oxygens (including phenoxy) is 2. The molecular weight excluding hydrogens is 374 g/mol. The summed E-state index contributed by atoms with van der Waals surface area (Å²) in [7, 11) is 0. The zero-order valence-corrected chi connectivity index (χ0v) is 15.7. The van der Waals surface area contributed by atoms with E-state index in [9.17, 15) is 14.4 Å². The summed E-state index contributed by atoms with van der Waals surface area (Å²) >= 11 is 0. The van der Waals surface area contributed by atoms with Crippen LogP contribution < -0.4 is 5.32 Å². The molecule has 0 aromatic heterocycles. The van der Waals surface area contributed by atoms with Gasteiger partial charge in [-0.3, -0.25) is 4.79 Å². The Hall–Kier alpha value is -3.61. The zero-order valence-electron chi connectivity index (χ0n) is 15.7. The molecule has 1 amide bonds. The number of benzene rings is 2. The van der Waals surface area contributed by atoms with Crippen molar-refractivity contribution in [3.63, 3.8) is 0 Å². The highest BCUT2D eigenvalue weighted by molar-refractivity contribution is 5.86. The smallest absolute Gasteiger partial charge is 0.407 e. The van der Waals surface area contributed by atoms with Crippen LogP contribution in [0.5, 0.6) is 0 Å². The summed E-state index contributed by atoms with van der Waals surface area (Å²) in [6.07, 6.45) is -0.142. The van der Waals surface area contributed by atoms with E-state index in [2.05, 4.69) is 11.9 Å². The van der Waals surface area contributed by atoms with Crippen LogP contribution in [0.3, 0.4) is 0 Å². The maximum atomic E-state index is 12.2. The number of carbonyl (C=O) groups excluding carboxylic acids is 2. The van der Waals surface area contributed by atoms with Crippen LogP contribution in [0.15, 0.2) is 61.2 Å². The van der Waals surface area contributed by atoms with Crippen LogP contribution in [0, 0.1) is 0 Å². The van der Waals surface area contributed by atoms with Crippen molar-refractivity contribution in [1.29, 1.82) is 0 Å². The second-order valence-corrected chi connectivity index (χ2v) is 6.54. The molecule has 3 rings (SSSR count). The van der Waals surface area contributed by atoms with Crippen molar-refractivity contribution in [3.05, 3.63) is 72.3 Å². The van der Waals surface area contributed by atoms with E-state index in [1.807, 2.05) is 48.5 Å². The molecule has 0 aliphatic heterocycles. The predicted octanol–water partition coefficient (Wildman–Crippen LogP) is 3.10. The molecule has 0 radical (unpaired) electrons. The first kappa shape index (κ1) is 20.1. The van der Waals surface area contributed by atoms with E-state index >= 15 is 0 Å². The molecule has 1 aliphatic carbocycles. The maximum absolute atomic E-state index is 12.2. The summed E-state index contributed by atoms with van der Waals surface area (Å²) < 4.78 is 10.2. The van der Waals surface area contributed by atoms with Gasteiger partial charge in [-0.2, -0.15) is 0 Å². The summed E-state index contributed by atoms with van der Waals surface area (Å²) in [5.41, 5.74) is 4.28. The quantitative estimate of drug-likeness (QED) is 0.526. The maximum Gasteiger partial charge on any atom is 0.407 e. The van der Waals surface area contributed by atoms with Gasteiger partial charge in [0.25, 0.3) is 0 Å². The molecule has 1 unspecified atom stereocenters. The first-order chi connectivity index (χ1) is 14.0. The number of rotatable bonds is 8. The molecule has 150 valence electrons. The fourth-order valence-corrected chi connectivity index (χ4v) is 3.39. The van der Waals surface area contributed by atoms with Crippen molar-refractivity contribution in [1.82, 2.24) is 5.32 Å². The molecule has 0 saturated carbocycles. The van der Waals surface area contributed by atoms with Crippen LogP contribution in [0.25, 0.3) is 11.1 Å². The number of esters is 1. The summed E-state index contributed by atoms with van der Waals surface area (Å²) in [6, 6.07) is 14.4. The van der Waals surface area contributed by atoms with E-state index in [1.165, 1.54) is 6.08 Å². The van der Waals surface area contributed by atoms with Gasteiger partial charge in [-0.25, -0.2) is 9.59 Å². The van der Waals surface area contributed by atoms with E-state index in [4.69, 9.17) is 14.6 Å². The third-order valence-corrected chi connectivity index (χ3v) is 4.64. The number of aliphatic carboxylic acids is 1. The van der Waals surface area contributed by atoms with Crippen LogP contribution in [-0.2, 0) is 19.1 Å². The molecule has 1 atom stereocenters. The number of fused-ring (bicyclic) bond motifs is 3. The van der Waals surface area contributed by atoms with Gasteiger partial charge >= 0.3 is 18.0 Å². The van der Waals surface area contributed by atoms with Gasteiger partial charge in [0.2, 0.25) is 0 Å². The number of carbonyl (C=O) groups is 3. The van der Waals surface area contributed by atoms with E-state index < -0.39 is 30.5 Å². The molecule has 2 aromatic carbocycles. The minimum Gasteiger partial charge on any atom is -0.481 e. The predicted molar refractivity (Wildman–Crippen MR) is 105 cm³/mol. The second-order valence-electron chi connectivity index (χ2n) is 6.54. The van der Waals surface area contributed by atoms with Gasteiger partial charge in [-0.05, 0) is 22.3 Å². The van der Waals surface area contributed by atoms with Crippen molar-refractivity contribution in [2.24, 2.45) is 0 Å². The third kappa shape index (κ3) is 4.63. The van der Waals surface area contributed by atoms with Crippen molar-refractivity contribution in [2.75, 3.05) is 13.2 Å². The number of amides is 1. The van der Waals surface area contributed by atoms with Crippen LogP contribution in [-0.4, -0.2) is 42.4 Å². The van der Waals surface area contributed by atoms with E-state index in [0.29, 0.717) is 0 Å². The Balaban J connectivity index is 1.67. The Morgan fingerprint density at radius 3 is 2.17 bits per heavy atom. The average Bonchev–Trinajstić information content (AvgIpc) is 3.03. The lowest BCUT2D eigenvalue weighted by Gasteiger charge is -2.18. The highest BCUT2D eigenvalue weighted by atomic mass is 16.6. The van der Waals surface area contributed by atoms with Gasteiger partial charge < -0.3 is 19.9 Å². The molecule has 2 aromatic rings. The Kier molecular flexibility index (Phi) is 6.29. The summed E-state index contributed by atoms with van der Waals surface area (Å²) in [5, 5.41) is 11.3. The third-order valence-electron chi connectivity index (χ3n) is 4.64. The minimum absolute atomic E-state index is 0.0569. The minimum atomic E-state index is -1.34. The molecule has 0 bridgehead atoms. The first-order valence-electron chi connectivity index (χ1n) is 9.12. The number of nitrogens with one attached hydrogen (secondary N) is 1. The summed E-state index contributed by atoms with van der Waals surface area (Å²) in [5.74, 6) is -2.25. The lowest BCUT2D eigenvalue weighted by molar-refractivity contribution is -0.149. The van der Waals surface area contributed by atoms with Gasteiger partial charge in [0, 0.05) is 5.92 Å². The largest absolute Gasteiger partial charge is 0.481 e. The summed E-state index contributed by atoms with van der Waals surface area (Å²) in [4.78, 5) is 35.2. The number of hydrogen-bond acceptors (Lipinski definition) is 5. The molecule has 7 heteroatoms. The number of alkyl carbamates (subject to hydrolysis) is 1. The molecule has 0 spiro atoms. The lowest BCUT2D eigenvalue weighted by atomic mass is 9.98. The van der Waals surface area contributed by atoms with Crippen molar-refractivity contribution in [2.45, 2.75) is 18.4 Å². The lowest BCUT2D eigenvalue weighted by Crippen LogP contribution is -2.43. The molecule has 0 saturated heterocycles. The Bertz CT molecular complexity index is 893. The molecular formula is C22H21NO6. The topological polar surface area (TPSA) is 102 Å². The fourth-order valence-electron chi connectivity index (χ4n) is 3.39. The highest BCUT2D eigenvalue weighted by Gasteiger charge is 2.30. The normalized spacial score (nSPS) is 13.0. The fraction of sp³-hybridized carbons (Fsp3) is 0.227. The number of hydrogen-bond donors (Lipinski definition) is 2. The monoisotopic (exact) mass is 395 g/mol. The molecule has 0 fully saturated rings. The Morgan fingerprint density at radius 1 is 1.03 bits per heavy atom. The molecule has 2 N–H and O–H groups in total.